The number of halogens is 4. The van der Waals surface area contributed by atoms with Gasteiger partial charge in [-0.25, -0.2) is 27.5 Å². The summed E-state index contributed by atoms with van der Waals surface area (Å²) in [6.07, 6.45) is 2.83. The maximum atomic E-state index is 14.2. The van der Waals surface area contributed by atoms with Crippen LogP contribution in [0.25, 0.3) is 0 Å². The van der Waals surface area contributed by atoms with E-state index in [0.29, 0.717) is 23.5 Å². The quantitative estimate of drug-likeness (QED) is 0.459. The third-order valence-electron chi connectivity index (χ3n) is 2.87. The Morgan fingerprint density at radius 3 is 1.25 bits per heavy atom. The van der Waals surface area contributed by atoms with Gasteiger partial charge in [0.25, 0.3) is 0 Å². The second-order valence-corrected chi connectivity index (χ2v) is 6.52. The van der Waals surface area contributed by atoms with E-state index in [1.54, 1.807) is 24.3 Å². The minimum atomic E-state index is -1.46. The van der Waals surface area contributed by atoms with Gasteiger partial charge in [-0.15, -0.1) is 0 Å². The summed E-state index contributed by atoms with van der Waals surface area (Å²) < 4.78 is 56.9. The maximum Gasteiger partial charge on any atom is 0.177 e. The lowest BCUT2D eigenvalue weighted by Crippen LogP contribution is -2.02. The van der Waals surface area contributed by atoms with Gasteiger partial charge in [0.05, 0.1) is 9.79 Å². The van der Waals surface area contributed by atoms with Gasteiger partial charge in [-0.1, -0.05) is 35.7 Å². The van der Waals surface area contributed by atoms with Crippen molar-refractivity contribution in [3.8, 4) is 0 Å². The van der Waals surface area contributed by atoms with Crippen LogP contribution < -0.4 is 0 Å². The van der Waals surface area contributed by atoms with E-state index >= 15 is 0 Å². The van der Waals surface area contributed by atoms with Crippen molar-refractivity contribution in [2.45, 2.75) is 19.8 Å². The molecule has 1 aromatic carbocycles. The van der Waals surface area contributed by atoms with Gasteiger partial charge < -0.3 is 0 Å². The Kier molecular flexibility index (Phi) is 5.06. The van der Waals surface area contributed by atoms with Gasteiger partial charge in [0.2, 0.25) is 0 Å². The lowest BCUT2D eigenvalue weighted by atomic mass is 10.3. The number of benzene rings is 1. The molecule has 0 N–H and O–H groups in total. The van der Waals surface area contributed by atoms with Gasteiger partial charge in [-0.05, 0) is 24.3 Å². The number of pyridine rings is 2. The highest BCUT2D eigenvalue weighted by Gasteiger charge is 2.27. The molecule has 122 valence electrons. The highest BCUT2D eigenvalue weighted by atomic mass is 32.2. The topological polar surface area (TPSA) is 25.8 Å². The van der Waals surface area contributed by atoms with E-state index in [-0.39, 0.29) is 10.1 Å². The smallest absolute Gasteiger partial charge is 0.177 e. The van der Waals surface area contributed by atoms with Crippen molar-refractivity contribution in [2.75, 3.05) is 0 Å². The minimum Gasteiger partial charge on any atom is -0.250 e. The molecule has 0 fully saturated rings. The zero-order chi connectivity index (χ0) is 17.1. The van der Waals surface area contributed by atoms with Crippen molar-refractivity contribution in [1.82, 2.24) is 9.97 Å². The standard InChI is InChI=1S/C16H8F4N2S2/c17-11-13(19)16(24-10-6-2-4-8-22-10)14(20)12(18)15(11)23-9-5-1-3-7-21-9/h1-8H. The third kappa shape index (κ3) is 3.39. The largest absolute Gasteiger partial charge is 0.250 e. The summed E-state index contributed by atoms with van der Waals surface area (Å²) in [5.74, 6) is -5.82. The number of hydrogen-bond acceptors (Lipinski definition) is 4. The first-order valence-electron chi connectivity index (χ1n) is 6.61. The fourth-order valence-corrected chi connectivity index (χ4v) is 3.45. The fraction of sp³-hybridized carbons (Fsp3) is 0. The molecule has 2 aromatic heterocycles. The van der Waals surface area contributed by atoms with Crippen LogP contribution in [0.3, 0.4) is 0 Å². The highest BCUT2D eigenvalue weighted by Crippen LogP contribution is 2.39. The van der Waals surface area contributed by atoms with Gasteiger partial charge in [0.1, 0.15) is 10.1 Å². The predicted octanol–water partition coefficient (Wildman–Crippen LogP) is 5.34. The minimum absolute atomic E-state index is 0.222. The first kappa shape index (κ1) is 16.8. The van der Waals surface area contributed by atoms with E-state index in [1.807, 2.05) is 0 Å². The van der Waals surface area contributed by atoms with E-state index in [2.05, 4.69) is 9.97 Å². The van der Waals surface area contributed by atoms with Crippen molar-refractivity contribution in [3.63, 3.8) is 0 Å². The van der Waals surface area contributed by atoms with Gasteiger partial charge in [0, 0.05) is 12.4 Å². The summed E-state index contributed by atoms with van der Waals surface area (Å²) in [4.78, 5) is 6.21. The third-order valence-corrected chi connectivity index (χ3v) is 4.90. The van der Waals surface area contributed by atoms with E-state index < -0.39 is 33.1 Å². The Morgan fingerprint density at radius 1 is 0.583 bits per heavy atom. The number of rotatable bonds is 4. The molecule has 8 heteroatoms. The normalized spacial score (nSPS) is 10.8. The fourth-order valence-electron chi connectivity index (χ4n) is 1.79. The summed E-state index contributed by atoms with van der Waals surface area (Å²) in [7, 11) is 0. The molecule has 0 radical (unpaired) electrons. The molecular formula is C16H8F4N2S2. The van der Waals surface area contributed by atoms with Crippen LogP contribution in [-0.2, 0) is 0 Å². The van der Waals surface area contributed by atoms with Crippen LogP contribution in [0.5, 0.6) is 0 Å². The molecule has 24 heavy (non-hydrogen) atoms. The lowest BCUT2D eigenvalue weighted by Gasteiger charge is -2.10. The molecule has 0 spiro atoms. The Balaban J connectivity index is 2.02. The van der Waals surface area contributed by atoms with Crippen LogP contribution in [0.4, 0.5) is 17.6 Å². The maximum absolute atomic E-state index is 14.2. The van der Waals surface area contributed by atoms with Crippen LogP contribution >= 0.6 is 23.5 Å². The molecule has 0 aliphatic rings. The average Bonchev–Trinajstić information content (AvgIpc) is 2.62. The van der Waals surface area contributed by atoms with Crippen LogP contribution in [0.1, 0.15) is 0 Å². The van der Waals surface area contributed by atoms with E-state index in [0.717, 1.165) is 0 Å². The second-order valence-electron chi connectivity index (χ2n) is 4.45. The zero-order valence-corrected chi connectivity index (χ0v) is 13.5. The summed E-state index contributed by atoms with van der Waals surface area (Å²) in [5.41, 5.74) is 0. The molecule has 0 aliphatic heterocycles. The summed E-state index contributed by atoms with van der Waals surface area (Å²) in [5, 5.41) is 0.443. The van der Waals surface area contributed by atoms with Crippen molar-refractivity contribution >= 4 is 23.5 Å². The number of nitrogens with zero attached hydrogens (tertiary/aromatic N) is 2. The Labute approximate surface area is 143 Å². The first-order valence-corrected chi connectivity index (χ1v) is 8.25. The first-order chi connectivity index (χ1) is 11.6. The van der Waals surface area contributed by atoms with Gasteiger partial charge in [-0.3, -0.25) is 0 Å². The van der Waals surface area contributed by atoms with Gasteiger partial charge in [0.15, 0.2) is 23.3 Å². The number of aromatic nitrogens is 2. The molecule has 2 nitrogen and oxygen atoms in total. The van der Waals surface area contributed by atoms with Gasteiger partial charge in [-0.2, -0.15) is 0 Å². The van der Waals surface area contributed by atoms with E-state index in [9.17, 15) is 17.6 Å². The van der Waals surface area contributed by atoms with E-state index in [1.165, 1.54) is 24.5 Å². The van der Waals surface area contributed by atoms with E-state index in [4.69, 9.17) is 0 Å². The SMILES string of the molecule is Fc1c(F)c(Sc2ccccn2)c(F)c(F)c1Sc1ccccn1. The summed E-state index contributed by atoms with van der Waals surface area (Å²) in [6.45, 7) is 0. The highest BCUT2D eigenvalue weighted by molar-refractivity contribution is 7.99. The Bertz CT molecular complexity index is 759. The van der Waals surface area contributed by atoms with Crippen LogP contribution in [-0.4, -0.2) is 9.97 Å². The van der Waals surface area contributed by atoms with Crippen LogP contribution in [0.15, 0.2) is 68.6 Å². The Hall–Kier alpha value is -2.06. The van der Waals surface area contributed by atoms with Crippen molar-refractivity contribution in [2.24, 2.45) is 0 Å². The lowest BCUT2D eigenvalue weighted by molar-refractivity contribution is 0.400. The monoisotopic (exact) mass is 368 g/mol. The molecule has 0 aliphatic carbocycles. The summed E-state index contributed by atoms with van der Waals surface area (Å²) >= 11 is 1.04. The zero-order valence-electron chi connectivity index (χ0n) is 11.8. The Morgan fingerprint density at radius 2 is 0.958 bits per heavy atom. The molecule has 0 unspecified atom stereocenters. The molecule has 0 saturated heterocycles. The molecule has 2 heterocycles. The van der Waals surface area contributed by atoms with Crippen LogP contribution in [0, 0.1) is 23.3 Å². The molecule has 0 saturated carbocycles. The van der Waals surface area contributed by atoms with Crippen molar-refractivity contribution in [3.05, 3.63) is 72.1 Å². The van der Waals surface area contributed by atoms with Crippen molar-refractivity contribution < 1.29 is 17.6 Å². The summed E-state index contributed by atoms with van der Waals surface area (Å²) in [6, 6.07) is 9.40. The second kappa shape index (κ2) is 7.23. The molecular weight excluding hydrogens is 360 g/mol. The molecule has 3 rings (SSSR count). The number of hydrogen-bond donors (Lipinski definition) is 0. The van der Waals surface area contributed by atoms with Crippen molar-refractivity contribution in [1.29, 1.82) is 0 Å². The molecule has 0 amide bonds. The average molecular weight is 368 g/mol. The van der Waals surface area contributed by atoms with Crippen LogP contribution in [0.2, 0.25) is 0 Å². The predicted molar refractivity (Wildman–Crippen MR) is 83.0 cm³/mol. The van der Waals surface area contributed by atoms with Gasteiger partial charge >= 0.3 is 0 Å². The molecule has 3 aromatic rings. The molecule has 0 bridgehead atoms. The molecule has 0 atom stereocenters.